The third-order valence-corrected chi connectivity index (χ3v) is 19.1. The van der Waals surface area contributed by atoms with Crippen LogP contribution in [0.4, 0.5) is 0 Å². The Balaban J connectivity index is 1.47. The van der Waals surface area contributed by atoms with Crippen LogP contribution in [0.2, 0.25) is 0 Å². The van der Waals surface area contributed by atoms with Gasteiger partial charge in [-0.25, -0.2) is 0 Å². The summed E-state index contributed by atoms with van der Waals surface area (Å²) in [6, 6.07) is 58.4. The van der Waals surface area contributed by atoms with Crippen molar-refractivity contribution >= 4 is 62.1 Å². The van der Waals surface area contributed by atoms with Crippen LogP contribution in [0.5, 0.6) is 0 Å². The summed E-state index contributed by atoms with van der Waals surface area (Å²) >= 11 is 0. The average molecular weight is 949 g/mol. The molecule has 1 saturated heterocycles. The van der Waals surface area contributed by atoms with Crippen molar-refractivity contribution in [3.63, 3.8) is 0 Å². The zero-order chi connectivity index (χ0) is 50.0. The molecule has 1 aliphatic rings. The van der Waals surface area contributed by atoms with Crippen LogP contribution in [0.3, 0.4) is 0 Å². The lowest BCUT2D eigenvalue weighted by atomic mass is 9.79. The van der Waals surface area contributed by atoms with Crippen LogP contribution >= 0.6 is 7.92 Å². The van der Waals surface area contributed by atoms with E-state index < -0.39 is 7.92 Å². The largest absolute Gasteiger partial charge is 0.300 e. The highest BCUT2D eigenvalue weighted by atomic mass is 31.1. The Labute approximate surface area is 425 Å². The van der Waals surface area contributed by atoms with Crippen LogP contribution in [0.15, 0.2) is 152 Å². The summed E-state index contributed by atoms with van der Waals surface area (Å²) in [6.45, 7) is 28.6. The van der Waals surface area contributed by atoms with Crippen molar-refractivity contribution in [2.45, 2.75) is 143 Å². The summed E-state index contributed by atoms with van der Waals surface area (Å²) in [5.74, 6) is 2.30. The molecular weight excluding hydrogens is 876 g/mol. The van der Waals surface area contributed by atoms with E-state index in [1.165, 1.54) is 115 Å². The minimum absolute atomic E-state index is 0.0789. The molecule has 360 valence electrons. The predicted molar refractivity (Wildman–Crippen MR) is 311 cm³/mol. The van der Waals surface area contributed by atoms with Gasteiger partial charge < -0.3 is 0 Å². The smallest absolute Gasteiger partial charge is 0.134 e. The van der Waals surface area contributed by atoms with E-state index >= 15 is 4.79 Å². The van der Waals surface area contributed by atoms with Gasteiger partial charge in [0.25, 0.3) is 0 Å². The van der Waals surface area contributed by atoms with Gasteiger partial charge in [-0.2, -0.15) is 0 Å². The summed E-state index contributed by atoms with van der Waals surface area (Å²) in [5.41, 5.74) is 16.5. The summed E-state index contributed by atoms with van der Waals surface area (Å²) in [4.78, 5) is 15.4. The lowest BCUT2D eigenvalue weighted by Gasteiger charge is -2.43. The number of rotatable bonds is 11. The predicted octanol–water partition coefficient (Wildman–Crippen LogP) is 20.3. The van der Waals surface area contributed by atoms with E-state index in [0.29, 0.717) is 30.5 Å². The number of fused-ring (bicyclic) bond motifs is 4. The zero-order valence-electron chi connectivity index (χ0n) is 44.3. The lowest BCUT2D eigenvalue weighted by Crippen LogP contribution is -2.27. The van der Waals surface area contributed by atoms with E-state index in [0.717, 1.165) is 0 Å². The van der Waals surface area contributed by atoms with Gasteiger partial charge in [-0.15, -0.1) is 0 Å². The molecular formula is C69H73OP. The van der Waals surface area contributed by atoms with Gasteiger partial charge in [0, 0.05) is 24.2 Å². The molecule has 1 aliphatic heterocycles. The Kier molecular flexibility index (Phi) is 13.5. The zero-order valence-corrected chi connectivity index (χ0v) is 45.2. The Morgan fingerprint density at radius 3 is 0.944 bits per heavy atom. The molecule has 71 heavy (non-hydrogen) atoms. The van der Waals surface area contributed by atoms with Gasteiger partial charge in [0.1, 0.15) is 5.78 Å². The van der Waals surface area contributed by atoms with E-state index in [1.807, 2.05) is 0 Å². The first kappa shape index (κ1) is 48.7. The topological polar surface area (TPSA) is 17.1 Å². The van der Waals surface area contributed by atoms with E-state index in [1.54, 1.807) is 0 Å². The number of hydrogen-bond acceptors (Lipinski definition) is 1. The van der Waals surface area contributed by atoms with E-state index in [2.05, 4.69) is 235 Å². The lowest BCUT2D eigenvalue weighted by molar-refractivity contribution is -0.119. The normalized spacial score (nSPS) is 16.7. The minimum Gasteiger partial charge on any atom is -0.300 e. The molecule has 0 aromatic heterocycles. The fourth-order valence-electron chi connectivity index (χ4n) is 12.3. The quantitative estimate of drug-likeness (QED) is 0.0933. The monoisotopic (exact) mass is 949 g/mol. The highest BCUT2D eigenvalue weighted by Gasteiger charge is 2.45. The van der Waals surface area contributed by atoms with Gasteiger partial charge in [-0.05, 0) is 163 Å². The number of carbonyl (C=O) groups is 1. The van der Waals surface area contributed by atoms with Gasteiger partial charge in [0.2, 0.25) is 0 Å². The first-order valence-electron chi connectivity index (χ1n) is 26.7. The maximum atomic E-state index is 15.4. The maximum absolute atomic E-state index is 15.4. The minimum atomic E-state index is -1.24. The summed E-state index contributed by atoms with van der Waals surface area (Å²) in [5, 5.41) is 11.4. The SMILES string of the molecule is CC(C)c1cc(C(C)C)c(-c2cccc(-c3c(C(C)C)cc(C(C)C)cc3C(C)C)c2P2C(c3c4ccccc4cc4ccccc34)CC(=O)CC2c2c3ccccc3cc3ccccc23)c(C(C)C)c1. The summed E-state index contributed by atoms with van der Waals surface area (Å²) in [6.07, 6.45) is 0.995. The van der Waals surface area contributed by atoms with Crippen molar-refractivity contribution in [1.29, 1.82) is 0 Å². The third kappa shape index (κ3) is 8.75. The molecule has 2 atom stereocenters. The molecule has 9 aromatic carbocycles. The molecule has 1 nitrogen and oxygen atoms in total. The van der Waals surface area contributed by atoms with Gasteiger partial charge in [0.15, 0.2) is 0 Å². The number of Topliss-reactive ketones (excluding diaryl/α,β-unsaturated/α-hetero) is 1. The first-order chi connectivity index (χ1) is 34.1. The molecule has 2 heteroatoms. The van der Waals surface area contributed by atoms with Gasteiger partial charge in [-0.3, -0.25) is 4.79 Å². The van der Waals surface area contributed by atoms with E-state index in [4.69, 9.17) is 0 Å². The number of benzene rings is 9. The third-order valence-electron chi connectivity index (χ3n) is 15.9. The highest BCUT2D eigenvalue weighted by molar-refractivity contribution is 7.67. The summed E-state index contributed by atoms with van der Waals surface area (Å²) < 4.78 is 0. The van der Waals surface area contributed by atoms with Crippen molar-refractivity contribution in [2.24, 2.45) is 0 Å². The second-order valence-electron chi connectivity index (χ2n) is 22.6. The Morgan fingerprint density at radius 1 is 0.366 bits per heavy atom. The molecule has 1 fully saturated rings. The number of hydrogen-bond donors (Lipinski definition) is 0. The molecule has 9 aromatic rings. The highest BCUT2D eigenvalue weighted by Crippen LogP contribution is 2.70. The molecule has 2 unspecified atom stereocenters. The second kappa shape index (κ2) is 19.6. The van der Waals surface area contributed by atoms with Crippen LogP contribution in [0.1, 0.15) is 187 Å². The van der Waals surface area contributed by atoms with Crippen molar-refractivity contribution in [3.8, 4) is 22.3 Å². The van der Waals surface area contributed by atoms with Crippen molar-refractivity contribution in [3.05, 3.63) is 196 Å². The molecule has 0 amide bonds. The molecule has 1 heterocycles. The van der Waals surface area contributed by atoms with Gasteiger partial charge in [-0.1, -0.05) is 231 Å². The van der Waals surface area contributed by atoms with Gasteiger partial charge in [0.05, 0.1) is 0 Å². The van der Waals surface area contributed by atoms with Crippen LogP contribution in [0, 0.1) is 0 Å². The molecule has 0 saturated carbocycles. The number of carbonyl (C=O) groups excluding carboxylic acids is 1. The standard InChI is InChI=1S/C69H73OP/c1-40(2)50-34-59(42(5)6)65(60(35-50)43(7)8)57-30-21-31-58(66-61(44(9)10)36-51(41(3)4)37-62(66)45(11)12)69(57)71-63(67-53-26-17-13-22-46(53)32-47-23-14-18-27-54(47)67)38-52(70)39-64(71)68-55-28-19-15-24-48(55)33-49-25-16-20-29-56(49)68/h13-37,40-45,63-64H,38-39H2,1-12H3. The van der Waals surface area contributed by atoms with E-state index in [9.17, 15) is 0 Å². The van der Waals surface area contributed by atoms with Crippen molar-refractivity contribution < 1.29 is 4.79 Å². The molecule has 0 radical (unpaired) electrons. The molecule has 0 spiro atoms. The molecule has 10 rings (SSSR count). The number of ketones is 1. The van der Waals surface area contributed by atoms with Crippen LogP contribution in [0.25, 0.3) is 65.3 Å². The Bertz CT molecular complexity index is 3100. The van der Waals surface area contributed by atoms with Crippen LogP contribution < -0.4 is 5.30 Å². The Hall–Kier alpha value is -5.88. The van der Waals surface area contributed by atoms with Gasteiger partial charge >= 0.3 is 0 Å². The van der Waals surface area contributed by atoms with Crippen molar-refractivity contribution in [2.75, 3.05) is 0 Å². The molecule has 0 N–H and O–H groups in total. The fourth-order valence-corrected chi connectivity index (χ4v) is 16.2. The van der Waals surface area contributed by atoms with Crippen LogP contribution in [-0.2, 0) is 4.79 Å². The molecule has 0 bridgehead atoms. The van der Waals surface area contributed by atoms with Crippen molar-refractivity contribution in [1.82, 2.24) is 0 Å². The van der Waals surface area contributed by atoms with E-state index in [-0.39, 0.29) is 35.0 Å². The van der Waals surface area contributed by atoms with Crippen LogP contribution in [-0.4, -0.2) is 5.78 Å². The second-order valence-corrected chi connectivity index (χ2v) is 25.1. The molecule has 0 aliphatic carbocycles. The maximum Gasteiger partial charge on any atom is 0.134 e. The summed E-state index contributed by atoms with van der Waals surface area (Å²) in [7, 11) is -1.24. The first-order valence-corrected chi connectivity index (χ1v) is 28.2. The average Bonchev–Trinajstić information content (AvgIpc) is 3.35. The Morgan fingerprint density at radius 2 is 0.662 bits per heavy atom. The fraction of sp³-hybridized carbons (Fsp3) is 0.319.